The van der Waals surface area contributed by atoms with E-state index in [2.05, 4.69) is 18.7 Å². The summed E-state index contributed by atoms with van der Waals surface area (Å²) < 4.78 is 0.761. The number of hydrogen-bond donors (Lipinski definition) is 0. The van der Waals surface area contributed by atoms with E-state index < -0.39 is 0 Å². The van der Waals surface area contributed by atoms with Gasteiger partial charge in [0.25, 0.3) is 11.5 Å². The van der Waals surface area contributed by atoms with Crippen molar-refractivity contribution >= 4 is 22.9 Å². The van der Waals surface area contributed by atoms with Gasteiger partial charge >= 0.3 is 0 Å². The minimum Gasteiger partial charge on any atom is -0.618 e. The molecule has 4 heteroatoms. The van der Waals surface area contributed by atoms with Crippen molar-refractivity contribution in [3.63, 3.8) is 0 Å². The average Bonchev–Trinajstić information content (AvgIpc) is 2.80. The first-order valence-electron chi connectivity index (χ1n) is 7.91. The van der Waals surface area contributed by atoms with Gasteiger partial charge in [-0.25, -0.2) is 0 Å². The molecular weight excluding hydrogens is 288 g/mol. The summed E-state index contributed by atoms with van der Waals surface area (Å²) in [7, 11) is 0. The molecule has 23 heavy (non-hydrogen) atoms. The van der Waals surface area contributed by atoms with Crippen molar-refractivity contribution in [1.29, 1.82) is 0 Å². The Bertz CT molecular complexity index is 788. The Hall–Kier alpha value is -2.62. The summed E-state index contributed by atoms with van der Waals surface area (Å²) in [6.45, 7) is 7.96. The molecule has 0 amide bonds. The molecule has 0 spiro atoms. The number of benzene rings is 2. The van der Waals surface area contributed by atoms with Crippen LogP contribution < -0.4 is 4.90 Å². The highest BCUT2D eigenvalue weighted by Gasteiger charge is 2.36. The zero-order chi connectivity index (χ0) is 16.6. The van der Waals surface area contributed by atoms with Crippen LogP contribution in [0.1, 0.15) is 35.3 Å². The molecular formula is C19H20N2O2. The van der Waals surface area contributed by atoms with Crippen molar-refractivity contribution in [1.82, 2.24) is 0 Å². The molecule has 0 unspecified atom stereocenters. The van der Waals surface area contributed by atoms with Crippen LogP contribution in [0.3, 0.4) is 0 Å². The number of carbonyl (C=O) groups is 1. The van der Waals surface area contributed by atoms with Crippen molar-refractivity contribution in [2.24, 2.45) is 0 Å². The van der Waals surface area contributed by atoms with E-state index >= 15 is 0 Å². The minimum absolute atomic E-state index is 0.203. The summed E-state index contributed by atoms with van der Waals surface area (Å²) in [5.74, 6) is -0.203. The molecule has 2 aromatic rings. The smallest absolute Gasteiger partial charge is 0.272 e. The lowest BCUT2D eigenvalue weighted by atomic mass is 10.0. The van der Waals surface area contributed by atoms with E-state index in [4.69, 9.17) is 0 Å². The molecule has 0 atom stereocenters. The number of ketones is 1. The van der Waals surface area contributed by atoms with Gasteiger partial charge in [-0.2, -0.15) is 4.74 Å². The van der Waals surface area contributed by atoms with Gasteiger partial charge in [0.05, 0.1) is 5.56 Å². The first-order valence-corrected chi connectivity index (χ1v) is 7.91. The maximum absolute atomic E-state index is 12.6. The van der Waals surface area contributed by atoms with Gasteiger partial charge in [-0.05, 0) is 56.7 Å². The summed E-state index contributed by atoms with van der Waals surface area (Å²) in [6.07, 6.45) is 0. The number of carbonyl (C=O) groups excluding carboxylic acids is 1. The quantitative estimate of drug-likeness (QED) is 0.639. The van der Waals surface area contributed by atoms with Gasteiger partial charge in [-0.3, -0.25) is 4.79 Å². The second-order valence-electron chi connectivity index (χ2n) is 5.71. The Balaban J connectivity index is 2.01. The second-order valence-corrected chi connectivity index (χ2v) is 5.71. The van der Waals surface area contributed by atoms with Crippen LogP contribution >= 0.6 is 0 Å². The fraction of sp³-hybridized carbons (Fsp3) is 0.263. The van der Waals surface area contributed by atoms with Crippen LogP contribution in [0.15, 0.2) is 42.5 Å². The molecule has 0 fully saturated rings. The van der Waals surface area contributed by atoms with Crippen molar-refractivity contribution in [2.45, 2.75) is 20.8 Å². The molecule has 1 heterocycles. The average molecular weight is 308 g/mol. The van der Waals surface area contributed by atoms with E-state index in [-0.39, 0.29) is 11.5 Å². The zero-order valence-corrected chi connectivity index (χ0v) is 13.7. The molecule has 0 saturated heterocycles. The van der Waals surface area contributed by atoms with Crippen LogP contribution in [0.5, 0.6) is 0 Å². The molecule has 0 bridgehead atoms. The monoisotopic (exact) mass is 308 g/mol. The highest BCUT2D eigenvalue weighted by molar-refractivity contribution is 6.52. The molecule has 0 saturated carbocycles. The van der Waals surface area contributed by atoms with Crippen molar-refractivity contribution in [2.75, 3.05) is 18.0 Å². The first kappa shape index (κ1) is 15.3. The van der Waals surface area contributed by atoms with Gasteiger partial charge in [0, 0.05) is 24.8 Å². The molecule has 1 aliphatic rings. The third-order valence-electron chi connectivity index (χ3n) is 4.30. The zero-order valence-electron chi connectivity index (χ0n) is 13.7. The van der Waals surface area contributed by atoms with Gasteiger partial charge in [-0.1, -0.05) is 6.07 Å². The summed E-state index contributed by atoms with van der Waals surface area (Å²) in [6, 6.07) is 13.0. The number of rotatable bonds is 4. The lowest BCUT2D eigenvalue weighted by molar-refractivity contribution is -0.355. The Kier molecular flexibility index (Phi) is 3.90. The maximum Gasteiger partial charge on any atom is 0.272 e. The van der Waals surface area contributed by atoms with Crippen LogP contribution in [0.2, 0.25) is 0 Å². The highest BCUT2D eigenvalue weighted by atomic mass is 16.5. The largest absolute Gasteiger partial charge is 0.618 e. The number of aryl methyl sites for hydroxylation is 1. The van der Waals surface area contributed by atoms with E-state index in [1.807, 2.05) is 37.3 Å². The van der Waals surface area contributed by atoms with E-state index in [0.717, 1.165) is 29.1 Å². The predicted octanol–water partition coefficient (Wildman–Crippen LogP) is 3.67. The van der Waals surface area contributed by atoms with Gasteiger partial charge in [0.1, 0.15) is 5.56 Å². The summed E-state index contributed by atoms with van der Waals surface area (Å²) in [5.41, 5.74) is 3.85. The summed E-state index contributed by atoms with van der Waals surface area (Å²) in [5, 5.41) is 12.5. The number of anilines is 1. The number of hydrogen-bond acceptors (Lipinski definition) is 3. The first-order chi connectivity index (χ1) is 11.1. The number of nitrogens with zero attached hydrogens (tertiary/aromatic N) is 2. The molecule has 0 aromatic heterocycles. The van der Waals surface area contributed by atoms with E-state index in [9.17, 15) is 10.0 Å². The predicted molar refractivity (Wildman–Crippen MR) is 92.9 cm³/mol. The second kappa shape index (κ2) is 5.88. The van der Waals surface area contributed by atoms with Crippen molar-refractivity contribution in [3.8, 4) is 0 Å². The maximum atomic E-state index is 12.6. The van der Waals surface area contributed by atoms with E-state index in [1.54, 1.807) is 12.1 Å². The third kappa shape index (κ3) is 2.50. The van der Waals surface area contributed by atoms with Crippen LogP contribution in [-0.2, 0) is 0 Å². The number of fused-ring (bicyclic) bond motifs is 1. The van der Waals surface area contributed by atoms with Crippen LogP contribution in [0.4, 0.5) is 11.4 Å². The molecule has 1 aliphatic heterocycles. The molecule has 4 nitrogen and oxygen atoms in total. The third-order valence-corrected chi connectivity index (χ3v) is 4.30. The fourth-order valence-corrected chi connectivity index (χ4v) is 3.01. The topological polar surface area (TPSA) is 46.4 Å². The van der Waals surface area contributed by atoms with Gasteiger partial charge < -0.3 is 10.1 Å². The van der Waals surface area contributed by atoms with Crippen LogP contribution in [0, 0.1) is 12.1 Å². The normalized spacial score (nSPS) is 13.4. The Labute approximate surface area is 136 Å². The number of Topliss-reactive ketones (excluding diaryl/α,β-unsaturated/α-hetero) is 1. The van der Waals surface area contributed by atoms with Crippen molar-refractivity contribution in [3.05, 3.63) is 64.4 Å². The van der Waals surface area contributed by atoms with Gasteiger partial charge in [0.15, 0.2) is 0 Å². The van der Waals surface area contributed by atoms with Gasteiger partial charge in [-0.15, -0.1) is 0 Å². The molecule has 0 N–H and O–H groups in total. The lowest BCUT2D eigenvalue weighted by Crippen LogP contribution is -2.22. The highest BCUT2D eigenvalue weighted by Crippen LogP contribution is 2.29. The fourth-order valence-electron chi connectivity index (χ4n) is 3.01. The molecule has 0 aliphatic carbocycles. The summed E-state index contributed by atoms with van der Waals surface area (Å²) in [4.78, 5) is 14.8. The van der Waals surface area contributed by atoms with Crippen molar-refractivity contribution < 1.29 is 9.53 Å². The Morgan fingerprint density at radius 2 is 1.70 bits per heavy atom. The molecule has 118 valence electrons. The van der Waals surface area contributed by atoms with Gasteiger partial charge in [0.2, 0.25) is 5.69 Å². The molecule has 3 rings (SSSR count). The Morgan fingerprint density at radius 3 is 2.30 bits per heavy atom. The standard InChI is InChI=1S/C19H20N2O2/c1-4-20(5-2)15-9-7-14(8-10-15)18-19(22)16-11-6-13(3)12-17(16)21(18)23/h6-12H,4-5H2,1-3H3. The molecule has 2 aromatic carbocycles. The van der Waals surface area contributed by atoms with E-state index in [0.29, 0.717) is 16.8 Å². The minimum atomic E-state index is -0.203. The molecule has 0 radical (unpaired) electrons. The lowest BCUT2D eigenvalue weighted by Gasteiger charge is -2.20. The van der Waals surface area contributed by atoms with Crippen LogP contribution in [-0.4, -0.2) is 29.3 Å². The SMILES string of the molecule is CCN(CC)c1ccc(C2=[N+]([O-])c3cc(C)ccc3C2=O)cc1. The summed E-state index contributed by atoms with van der Waals surface area (Å²) >= 11 is 0. The van der Waals surface area contributed by atoms with Crippen LogP contribution in [0.25, 0.3) is 0 Å². The van der Waals surface area contributed by atoms with E-state index in [1.165, 1.54) is 0 Å². The Morgan fingerprint density at radius 1 is 1.04 bits per heavy atom.